The van der Waals surface area contributed by atoms with Crippen LogP contribution in [0.15, 0.2) is 40.9 Å². The second kappa shape index (κ2) is 7.90. The first-order valence-corrected chi connectivity index (χ1v) is 8.37. The van der Waals surface area contributed by atoms with Crippen LogP contribution >= 0.6 is 23.2 Å². The van der Waals surface area contributed by atoms with Crippen LogP contribution in [0, 0.1) is 17.3 Å². The first-order valence-electron chi connectivity index (χ1n) is 7.61. The van der Waals surface area contributed by atoms with Gasteiger partial charge in [0.05, 0.1) is 12.5 Å². The van der Waals surface area contributed by atoms with E-state index in [1.54, 1.807) is 18.2 Å². The molecule has 130 valence electrons. The van der Waals surface area contributed by atoms with Gasteiger partial charge in [0.25, 0.3) is 0 Å². The Balaban J connectivity index is 1.68. The molecule has 0 aliphatic heterocycles. The lowest BCUT2D eigenvalue weighted by Gasteiger charge is -2.08. The Morgan fingerprint density at radius 3 is 2.54 bits per heavy atom. The Hall–Kier alpha value is -1.72. The number of carbonyl (C=O) groups excluding carboxylic acids is 2. The molecule has 0 unspecified atom stereocenters. The van der Waals surface area contributed by atoms with Crippen LogP contribution in [-0.2, 0) is 9.53 Å². The van der Waals surface area contributed by atoms with E-state index in [0.29, 0.717) is 5.69 Å². The van der Waals surface area contributed by atoms with Crippen molar-refractivity contribution in [2.75, 3.05) is 18.5 Å². The lowest BCUT2D eigenvalue weighted by molar-refractivity contribution is -0.123. The molecule has 2 atom stereocenters. The minimum absolute atomic E-state index is 0.0183. The van der Waals surface area contributed by atoms with Gasteiger partial charge in [0.2, 0.25) is 5.91 Å². The number of halogens is 2. The Morgan fingerprint density at radius 1 is 1.25 bits per heavy atom. The van der Waals surface area contributed by atoms with Crippen molar-refractivity contribution < 1.29 is 14.3 Å². The molecular weight excluding hydrogens is 351 g/mol. The van der Waals surface area contributed by atoms with Crippen LogP contribution in [0.2, 0.25) is 0 Å². The topological polar surface area (TPSA) is 67.4 Å². The van der Waals surface area contributed by atoms with Crippen molar-refractivity contribution in [3.8, 4) is 0 Å². The number of anilines is 1. The van der Waals surface area contributed by atoms with Crippen LogP contribution in [0.4, 0.5) is 10.5 Å². The van der Waals surface area contributed by atoms with Crippen molar-refractivity contribution in [2.24, 2.45) is 17.3 Å². The van der Waals surface area contributed by atoms with E-state index in [0.717, 1.165) is 0 Å². The minimum atomic E-state index is -0.558. The highest BCUT2D eigenvalue weighted by Crippen LogP contribution is 2.59. The highest BCUT2D eigenvalue weighted by Gasteiger charge is 2.60. The molecule has 5 nitrogen and oxygen atoms in total. The second-order valence-corrected chi connectivity index (χ2v) is 7.21. The summed E-state index contributed by atoms with van der Waals surface area (Å²) in [5, 5.41) is 5.36. The molecule has 7 heteroatoms. The third kappa shape index (κ3) is 4.89. The maximum atomic E-state index is 12.2. The van der Waals surface area contributed by atoms with Crippen molar-refractivity contribution in [3.05, 3.63) is 40.9 Å². The molecule has 1 aliphatic rings. The number of hydrogen-bond donors (Lipinski definition) is 2. The third-order valence-corrected chi connectivity index (χ3v) is 4.41. The molecule has 0 aromatic heterocycles. The Morgan fingerprint density at radius 2 is 1.92 bits per heavy atom. The minimum Gasteiger partial charge on any atom is -0.447 e. The van der Waals surface area contributed by atoms with Gasteiger partial charge in [0, 0.05) is 5.69 Å². The second-order valence-electron chi connectivity index (χ2n) is 6.20. The highest BCUT2D eigenvalue weighted by atomic mass is 35.5. The van der Waals surface area contributed by atoms with Crippen LogP contribution < -0.4 is 10.6 Å². The van der Waals surface area contributed by atoms with Crippen molar-refractivity contribution in [3.63, 3.8) is 0 Å². The molecule has 1 fully saturated rings. The number of para-hydroxylation sites is 1. The first kappa shape index (κ1) is 18.6. The van der Waals surface area contributed by atoms with Crippen molar-refractivity contribution in [1.82, 2.24) is 5.32 Å². The predicted octanol–water partition coefficient (Wildman–Crippen LogP) is 3.94. The maximum Gasteiger partial charge on any atom is 0.411 e. The Bertz CT molecular complexity index is 628. The van der Waals surface area contributed by atoms with Crippen LogP contribution in [0.5, 0.6) is 0 Å². The van der Waals surface area contributed by atoms with E-state index >= 15 is 0 Å². The number of hydrogen-bond acceptors (Lipinski definition) is 3. The lowest BCUT2D eigenvalue weighted by atomic mass is 10.1. The molecule has 0 heterocycles. The largest absolute Gasteiger partial charge is 0.447 e. The molecule has 2 N–H and O–H groups in total. The first-order chi connectivity index (χ1) is 11.3. The monoisotopic (exact) mass is 370 g/mol. The molecule has 24 heavy (non-hydrogen) atoms. The quantitative estimate of drug-likeness (QED) is 0.745. The average molecular weight is 371 g/mol. The number of amides is 2. The lowest BCUT2D eigenvalue weighted by Crippen LogP contribution is -2.31. The van der Waals surface area contributed by atoms with E-state index in [-0.39, 0.29) is 40.8 Å². The molecule has 0 spiro atoms. The SMILES string of the molecule is CC1(C)[C@H](C(=O)NCCOC(=O)Nc2ccccc2)[C@@H]1C=C(Cl)Cl. The number of nitrogens with one attached hydrogen (secondary N) is 2. The number of carbonyl (C=O) groups is 2. The van der Waals surface area contributed by atoms with E-state index in [1.165, 1.54) is 0 Å². The molecule has 1 aromatic carbocycles. The van der Waals surface area contributed by atoms with Crippen LogP contribution in [0.25, 0.3) is 0 Å². The summed E-state index contributed by atoms with van der Waals surface area (Å²) in [6, 6.07) is 8.99. The summed E-state index contributed by atoms with van der Waals surface area (Å²) in [7, 11) is 0. The fourth-order valence-electron chi connectivity index (χ4n) is 2.73. The maximum absolute atomic E-state index is 12.2. The average Bonchev–Trinajstić information content (AvgIpc) is 3.04. The molecular formula is C17H20Cl2N2O3. The van der Waals surface area contributed by atoms with Crippen molar-refractivity contribution >= 4 is 40.9 Å². The van der Waals surface area contributed by atoms with E-state index in [9.17, 15) is 9.59 Å². The highest BCUT2D eigenvalue weighted by molar-refractivity contribution is 6.55. The molecule has 0 bridgehead atoms. The number of ether oxygens (including phenoxy) is 1. The normalized spacial score (nSPS) is 20.7. The zero-order chi connectivity index (χ0) is 17.7. The van der Waals surface area contributed by atoms with E-state index < -0.39 is 6.09 Å². The van der Waals surface area contributed by atoms with Crippen molar-refractivity contribution in [2.45, 2.75) is 13.8 Å². The van der Waals surface area contributed by atoms with Gasteiger partial charge >= 0.3 is 6.09 Å². The third-order valence-electron chi connectivity index (χ3n) is 4.15. The Labute approximate surface area is 151 Å². The van der Waals surface area contributed by atoms with Crippen LogP contribution in [-0.4, -0.2) is 25.2 Å². The van der Waals surface area contributed by atoms with E-state index in [2.05, 4.69) is 10.6 Å². The standard InChI is InChI=1S/C17H20Cl2N2O3/c1-17(2)12(10-13(18)19)14(17)15(22)20-8-9-24-16(23)21-11-6-4-3-5-7-11/h3-7,10,12,14H,8-9H2,1-2H3,(H,20,22)(H,21,23)/t12-,14-/m0/s1. The van der Waals surface area contributed by atoms with Crippen molar-refractivity contribution in [1.29, 1.82) is 0 Å². The van der Waals surface area contributed by atoms with Gasteiger partial charge in [0.15, 0.2) is 0 Å². The zero-order valence-electron chi connectivity index (χ0n) is 13.5. The molecule has 2 rings (SSSR count). The predicted molar refractivity (Wildman–Crippen MR) is 95.0 cm³/mol. The summed E-state index contributed by atoms with van der Waals surface area (Å²) in [4.78, 5) is 23.8. The molecule has 0 saturated heterocycles. The van der Waals surface area contributed by atoms with Gasteiger partial charge < -0.3 is 10.1 Å². The summed E-state index contributed by atoms with van der Waals surface area (Å²) >= 11 is 11.3. The van der Waals surface area contributed by atoms with E-state index in [1.807, 2.05) is 32.0 Å². The van der Waals surface area contributed by atoms with Crippen LogP contribution in [0.3, 0.4) is 0 Å². The zero-order valence-corrected chi connectivity index (χ0v) is 15.0. The van der Waals surface area contributed by atoms with Gasteiger partial charge in [-0.2, -0.15) is 0 Å². The Kier molecular flexibility index (Phi) is 6.13. The molecule has 2 amide bonds. The van der Waals surface area contributed by atoms with Gasteiger partial charge in [-0.25, -0.2) is 4.79 Å². The molecule has 1 aliphatic carbocycles. The summed E-state index contributed by atoms with van der Waals surface area (Å²) in [6.07, 6.45) is 1.13. The molecule has 0 radical (unpaired) electrons. The van der Waals surface area contributed by atoms with E-state index in [4.69, 9.17) is 27.9 Å². The van der Waals surface area contributed by atoms with Gasteiger partial charge in [-0.15, -0.1) is 0 Å². The van der Waals surface area contributed by atoms with Gasteiger partial charge in [-0.3, -0.25) is 10.1 Å². The smallest absolute Gasteiger partial charge is 0.411 e. The van der Waals surface area contributed by atoms with Gasteiger partial charge in [0.1, 0.15) is 11.1 Å². The van der Waals surface area contributed by atoms with Crippen LogP contribution in [0.1, 0.15) is 13.8 Å². The summed E-state index contributed by atoms with van der Waals surface area (Å²) in [5.74, 6) is -0.254. The molecule has 1 aromatic rings. The summed E-state index contributed by atoms with van der Waals surface area (Å²) < 4.78 is 5.19. The summed E-state index contributed by atoms with van der Waals surface area (Å²) in [5.41, 5.74) is 0.476. The van der Waals surface area contributed by atoms with Gasteiger partial charge in [-0.1, -0.05) is 55.2 Å². The summed E-state index contributed by atoms with van der Waals surface area (Å²) in [6.45, 7) is 4.31. The fourth-order valence-corrected chi connectivity index (χ4v) is 3.00. The number of rotatable bonds is 6. The van der Waals surface area contributed by atoms with Gasteiger partial charge in [-0.05, 0) is 29.5 Å². The number of benzene rings is 1. The number of allylic oxidation sites excluding steroid dienone is 1. The molecule has 1 saturated carbocycles. The fraction of sp³-hybridized carbons (Fsp3) is 0.412.